The van der Waals surface area contributed by atoms with Crippen molar-refractivity contribution < 1.29 is 153 Å². The number of carbonyl (C=O) groups is 3. The minimum Gasteiger partial charge on any atom is -0.394 e. The average Bonchev–Trinajstić information content (AvgIpc) is 3.29. The van der Waals surface area contributed by atoms with E-state index in [4.69, 9.17) is 47.2 Å². The highest BCUT2D eigenvalue weighted by molar-refractivity contribution is 7.81. The fourth-order valence-electron chi connectivity index (χ4n) is 8.52. The Morgan fingerprint density at radius 1 is 0.438 bits per heavy atom. The molecule has 0 unspecified atom stereocenters. The Morgan fingerprint density at radius 3 is 1.36 bits per heavy atom. The Hall–Kier alpha value is -2.69. The van der Waals surface area contributed by atoms with Crippen molar-refractivity contribution >= 4 is 38.5 Å². The number of aliphatic hydroxyl groups is 12. The first kappa shape index (κ1) is 61.2. The van der Waals surface area contributed by atoms with Gasteiger partial charge in [-0.15, -0.1) is 0 Å². The van der Waals surface area contributed by atoms with Crippen molar-refractivity contribution in [3.05, 3.63) is 0 Å². The van der Waals surface area contributed by atoms with Crippen LogP contribution in [0.15, 0.2) is 0 Å². The molecule has 73 heavy (non-hydrogen) atoms. The zero-order valence-electron chi connectivity index (χ0n) is 38.4. The van der Waals surface area contributed by atoms with E-state index in [9.17, 15) is 97.1 Å². The predicted molar refractivity (Wildman–Crippen MR) is 222 cm³/mol. The molecule has 35 nitrogen and oxygen atoms in total. The minimum atomic E-state index is -5.37. The lowest BCUT2D eigenvalue weighted by atomic mass is 9.93. The topological polar surface area (TPSA) is 540 Å². The monoisotopic (exact) mass is 1110 g/mol. The number of carbonyl (C=O) groups excluding carboxylic acids is 3. The fraction of sp³-hybridized carbons (Fsp3) is 0.917. The van der Waals surface area contributed by atoms with Gasteiger partial charge >= 0.3 is 20.8 Å². The van der Waals surface area contributed by atoms with Crippen molar-refractivity contribution in [2.75, 3.05) is 33.0 Å². The number of amides is 3. The number of hydrogen-bond donors (Lipinski definition) is 17. The van der Waals surface area contributed by atoms with E-state index in [1.807, 2.05) is 0 Å². The molecule has 0 spiro atoms. The van der Waals surface area contributed by atoms with Crippen molar-refractivity contribution in [3.63, 3.8) is 0 Å². The van der Waals surface area contributed by atoms with Crippen molar-refractivity contribution in [1.29, 1.82) is 0 Å². The molecule has 5 heterocycles. The molecular weight excluding hydrogens is 1050 g/mol. The second-order valence-electron chi connectivity index (χ2n) is 17.2. The summed E-state index contributed by atoms with van der Waals surface area (Å²) in [4.78, 5) is 37.3. The smallest absolute Gasteiger partial charge is 0.394 e. The highest BCUT2D eigenvalue weighted by atomic mass is 32.3. The number of ether oxygens (including phenoxy) is 9. The maximum absolute atomic E-state index is 12.5. The summed E-state index contributed by atoms with van der Waals surface area (Å²) in [6, 6.07) is -5.25. The molecule has 0 aromatic carbocycles. The molecule has 25 atom stereocenters. The summed E-state index contributed by atoms with van der Waals surface area (Å²) in [5.41, 5.74) is 0. The van der Waals surface area contributed by atoms with Crippen LogP contribution in [0.4, 0.5) is 0 Å². The van der Waals surface area contributed by atoms with Crippen LogP contribution in [0.2, 0.25) is 0 Å². The Morgan fingerprint density at radius 2 is 0.863 bits per heavy atom. The predicted octanol–water partition coefficient (Wildman–Crippen LogP) is -11.8. The van der Waals surface area contributed by atoms with Crippen LogP contribution in [0, 0.1) is 0 Å². The molecule has 0 saturated carbocycles. The van der Waals surface area contributed by atoms with Gasteiger partial charge in [0.25, 0.3) is 0 Å². The van der Waals surface area contributed by atoms with Crippen LogP contribution < -0.4 is 16.0 Å². The maximum atomic E-state index is 12.5. The lowest BCUT2D eigenvalue weighted by Gasteiger charge is -2.50. The van der Waals surface area contributed by atoms with E-state index < -0.39 is 225 Å². The number of hydrogen-bond acceptors (Lipinski definition) is 30. The van der Waals surface area contributed by atoms with Gasteiger partial charge in [0.05, 0.1) is 33.0 Å². The Labute approximate surface area is 413 Å². The molecular formula is C36H61N3O32S2. The second kappa shape index (κ2) is 25.6. The van der Waals surface area contributed by atoms with E-state index in [0.29, 0.717) is 0 Å². The van der Waals surface area contributed by atoms with E-state index in [1.165, 1.54) is 0 Å². The summed E-state index contributed by atoms with van der Waals surface area (Å²) < 4.78 is 123. The number of aliphatic hydroxyl groups excluding tert-OH is 12. The first-order chi connectivity index (χ1) is 34.0. The highest BCUT2D eigenvalue weighted by Gasteiger charge is 2.57. The van der Waals surface area contributed by atoms with Crippen molar-refractivity contribution in [2.24, 2.45) is 0 Å². The van der Waals surface area contributed by atoms with E-state index >= 15 is 0 Å². The number of nitrogens with one attached hydrogen (secondary N) is 3. The van der Waals surface area contributed by atoms with Gasteiger partial charge in [-0.1, -0.05) is 0 Å². The van der Waals surface area contributed by atoms with Gasteiger partial charge in [-0.2, -0.15) is 16.8 Å². The third-order valence-electron chi connectivity index (χ3n) is 11.9. The molecule has 5 aliphatic rings. The van der Waals surface area contributed by atoms with Gasteiger partial charge in [0.1, 0.15) is 122 Å². The Bertz CT molecular complexity index is 2070. The summed E-state index contributed by atoms with van der Waals surface area (Å²) >= 11 is 0. The first-order valence-corrected chi connectivity index (χ1v) is 24.6. The van der Waals surface area contributed by atoms with Crippen LogP contribution in [0.3, 0.4) is 0 Å². The number of rotatable bonds is 20. The van der Waals surface area contributed by atoms with Crippen molar-refractivity contribution in [2.45, 2.75) is 174 Å². The van der Waals surface area contributed by atoms with E-state index in [2.05, 4.69) is 24.3 Å². The summed E-state index contributed by atoms with van der Waals surface area (Å²) in [6.45, 7) is -2.21. The molecule has 0 bridgehead atoms. The summed E-state index contributed by atoms with van der Waals surface area (Å²) in [7, 11) is -10.5. The summed E-state index contributed by atoms with van der Waals surface area (Å²) in [5, 5.41) is 136. The van der Waals surface area contributed by atoms with E-state index in [0.717, 1.165) is 20.8 Å². The zero-order valence-corrected chi connectivity index (χ0v) is 40.0. The minimum absolute atomic E-state index is 0.837. The van der Waals surface area contributed by atoms with Gasteiger partial charge in [0, 0.05) is 20.8 Å². The molecule has 5 saturated heterocycles. The maximum Gasteiger partial charge on any atom is 0.397 e. The second-order valence-corrected chi connectivity index (χ2v) is 19.4. The molecule has 0 radical (unpaired) electrons. The summed E-state index contributed by atoms with van der Waals surface area (Å²) in [5.74, 6) is -2.56. The lowest BCUT2D eigenvalue weighted by Crippen LogP contribution is -2.71. The van der Waals surface area contributed by atoms with Crippen molar-refractivity contribution in [3.8, 4) is 0 Å². The highest BCUT2D eigenvalue weighted by Crippen LogP contribution is 2.35. The van der Waals surface area contributed by atoms with E-state index in [1.54, 1.807) is 0 Å². The van der Waals surface area contributed by atoms with E-state index in [-0.39, 0.29) is 0 Å². The third kappa shape index (κ3) is 15.3. The average molecular weight is 1110 g/mol. The quantitative estimate of drug-likeness (QED) is 0.0503. The zero-order chi connectivity index (χ0) is 54.6. The van der Waals surface area contributed by atoms with Crippen LogP contribution in [0.1, 0.15) is 20.8 Å². The van der Waals surface area contributed by atoms with Crippen LogP contribution >= 0.6 is 0 Å². The molecule has 0 aliphatic carbocycles. The van der Waals surface area contributed by atoms with Gasteiger partial charge in [-0.3, -0.25) is 23.5 Å². The fourth-order valence-corrected chi connectivity index (χ4v) is 9.34. The van der Waals surface area contributed by atoms with Crippen LogP contribution in [0.25, 0.3) is 0 Å². The van der Waals surface area contributed by atoms with Gasteiger partial charge < -0.3 is 120 Å². The van der Waals surface area contributed by atoms with Crippen LogP contribution in [-0.2, 0) is 86.2 Å². The molecule has 5 rings (SSSR count). The molecule has 37 heteroatoms. The molecule has 5 aliphatic heterocycles. The molecule has 5 fully saturated rings. The van der Waals surface area contributed by atoms with Gasteiger partial charge in [0.15, 0.2) is 31.5 Å². The normalized spacial score (nSPS) is 43.7. The molecule has 0 aromatic heterocycles. The first-order valence-electron chi connectivity index (χ1n) is 21.9. The van der Waals surface area contributed by atoms with Gasteiger partial charge in [0.2, 0.25) is 17.7 Å². The standard InChI is InChI=1S/C36H61N3O32S2/c1-9(43)37-17-23(49)28(68-35-26(52)25(51)20(46)16(67-35)8-62-72(55,56)57)13(5-41)65-33(17)61-7-15-22(48)30(19(32(54)63-15)39-11(3)45)70-34-18(38-10(2)44)24(50)29(14(6-42)66-34)69-36-27(53)31(71-73(58,59)60)21(47)12(4-40)64-36/h12-36,40-42,46-54H,4-8H2,1-3H3,(H,37,43)(H,38,44)(H,39,45)(H,55,56,57)(H,58,59,60)/t12-,13-,14-,15-,16-,17-,18-,19-,20+,21+,22+,23-,24-,25+,26-,27-,28-,29-,30-,31+,32+,33-,34+,35+,36+/m1/s1. The lowest BCUT2D eigenvalue weighted by molar-refractivity contribution is -0.361. The van der Waals surface area contributed by atoms with Crippen LogP contribution in [0.5, 0.6) is 0 Å². The van der Waals surface area contributed by atoms with Crippen LogP contribution in [-0.4, -0.2) is 291 Å². The Balaban J connectivity index is 1.36. The molecule has 3 amide bonds. The van der Waals surface area contributed by atoms with Gasteiger partial charge in [-0.25, -0.2) is 8.37 Å². The third-order valence-corrected chi connectivity index (χ3v) is 12.8. The largest absolute Gasteiger partial charge is 0.397 e. The Kier molecular flexibility index (Phi) is 21.5. The molecule has 424 valence electrons. The molecule has 17 N–H and O–H groups in total. The summed E-state index contributed by atoms with van der Waals surface area (Å²) in [6.07, 6.45) is -43.6. The molecule has 0 aromatic rings. The SMILES string of the molecule is CC(=O)N[C@@H]1[C@@H](O[C@@H]2O[C@H](CO)[C@@H](O[C@@H]3O[C@H](CO)[C@H](O)[C@H](OS(=O)(=O)O)[C@H]3O)[C@H](O)[C@H]2NC(C)=O)[C@@H](O)[C@@H](CO[C@@H]2O[C@H](CO)[C@@H](O[C@@H]3O[C@H](COS(=O)(=O)O)[C@H](O)[C@H](O)[C@H]3O)[C@H](O)[C@H]2NC(C)=O)O[C@@H]1O. The van der Waals surface area contributed by atoms with Crippen molar-refractivity contribution in [1.82, 2.24) is 16.0 Å². The van der Waals surface area contributed by atoms with Gasteiger partial charge in [-0.05, 0) is 0 Å².